The van der Waals surface area contributed by atoms with Crippen LogP contribution in [-0.4, -0.2) is 0 Å². The van der Waals surface area contributed by atoms with E-state index in [9.17, 15) is 0 Å². The molecular weight excluding hydrogens is 983 g/mol. The second kappa shape index (κ2) is 135. The van der Waals surface area contributed by atoms with Gasteiger partial charge in [0.05, 0.1) is 5.92 Å². The molecule has 4 aliphatic rings. The monoisotopic (exact) mass is 1010 g/mol. The summed E-state index contributed by atoms with van der Waals surface area (Å²) in [6, 6.07) is 0. The van der Waals surface area contributed by atoms with Crippen LogP contribution < -0.4 is 0 Å². The first-order valence-corrected chi connectivity index (χ1v) is 9.94. The van der Waals surface area contributed by atoms with Crippen molar-refractivity contribution in [2.45, 2.75) is 0 Å². The van der Waals surface area contributed by atoms with E-state index in [0.717, 1.165) is 5.92 Å². The number of hydrogen-bond donors (Lipinski definition) is 0. The fourth-order valence-electron chi connectivity index (χ4n) is 1.86. The molecule has 0 unspecified atom stereocenters. The van der Waals surface area contributed by atoms with Gasteiger partial charge in [0.15, 0.2) is 0 Å². The first-order valence-electron chi connectivity index (χ1n) is 9.94. The Morgan fingerprint density at radius 1 is 0.347 bits per heavy atom. The maximum Gasteiger partial charge on any atom is 2.00 e. The van der Waals surface area contributed by atoms with Crippen LogP contribution in [0.1, 0.15) is 0 Å². The zero-order valence-corrected chi connectivity index (χ0v) is 31.8. The van der Waals surface area contributed by atoms with Crippen molar-refractivity contribution in [3.05, 3.63) is 207 Å². The van der Waals surface area contributed by atoms with Crippen LogP contribution in [0.2, 0.25) is 0 Å². The fraction of sp³-hybridized carbons (Fsp3) is 0. The van der Waals surface area contributed by atoms with E-state index >= 15 is 0 Å². The maximum absolute atomic E-state index is 7.50. The molecule has 15 heteroatoms. The van der Waals surface area contributed by atoms with Gasteiger partial charge in [0.2, 0.25) is 0 Å². The van der Waals surface area contributed by atoms with E-state index in [1.165, 1.54) is 5.92 Å². The molecule has 4 fully saturated rings. The third-order valence-corrected chi connectivity index (χ3v) is 3.04. The van der Waals surface area contributed by atoms with Crippen molar-refractivity contribution >= 4 is 0 Å². The van der Waals surface area contributed by atoms with Gasteiger partial charge in [-0.1, -0.05) is 11.8 Å². The predicted octanol–water partition coefficient (Wildman–Crippen LogP) is 3.86. The van der Waals surface area contributed by atoms with E-state index in [-0.39, 0.29) is 92.6 Å². The summed E-state index contributed by atoms with van der Waals surface area (Å²) < 4.78 is 75.0. The first kappa shape index (κ1) is 92.1. The molecule has 49 heavy (non-hydrogen) atoms. The molecule has 0 aromatic heterocycles. The van der Waals surface area contributed by atoms with Crippen molar-refractivity contribution < 1.29 is 139 Å². The third kappa shape index (κ3) is 106. The van der Waals surface area contributed by atoms with Crippen LogP contribution in [0.25, 0.3) is 0 Å². The molecule has 0 spiro atoms. The zero-order valence-electron chi connectivity index (χ0n) is 24.4. The quantitative estimate of drug-likeness (QED) is 0.168. The minimum atomic E-state index is 0. The fourth-order valence-corrected chi connectivity index (χ4v) is 1.86. The number of rotatable bonds is 2. The van der Waals surface area contributed by atoms with Gasteiger partial charge in [-0.25, -0.2) is 0 Å². The minimum Gasteiger partial charge on any atom is -0.0312 e. The summed E-state index contributed by atoms with van der Waals surface area (Å²) in [4.78, 5) is 0. The van der Waals surface area contributed by atoms with E-state index in [2.05, 4.69) is 91.2 Å². The van der Waals surface area contributed by atoms with Crippen LogP contribution in [0, 0.1) is 219 Å². The Hall–Kier alpha value is -0.131. The standard InChI is InChI=1S/C14H10.2C5H5.10CO.2Fe.3Ru/c1-2-8-13(7-1)11-5-6-12-14-9-3-4-10-14;2*1-2-4-5-3-1;10*1-2;;;;;/h1-5,7-11H;2*1-5H;;;;;;;;;;;;;;;/q;;;;;;;;;;;;;2*+2;;;. The van der Waals surface area contributed by atoms with Crippen molar-refractivity contribution in [1.29, 1.82) is 0 Å². The molecule has 0 N–H and O–H groups in total. The van der Waals surface area contributed by atoms with Gasteiger partial charge >= 0.3 is 147 Å². The molecule has 4 saturated carbocycles. The van der Waals surface area contributed by atoms with Crippen LogP contribution in [0.3, 0.4) is 0 Å². The molecule has 0 aliphatic heterocycles. The molecule has 10 nitrogen and oxygen atoms in total. The van der Waals surface area contributed by atoms with E-state index in [4.69, 9.17) is 46.5 Å². The van der Waals surface area contributed by atoms with Gasteiger partial charge in [-0.2, -0.15) is 0 Å². The largest absolute Gasteiger partial charge is 2.00 e. The number of hydrogen-bond acceptors (Lipinski definition) is 0. The van der Waals surface area contributed by atoms with Gasteiger partial charge in [-0.3, -0.25) is 0 Å². The van der Waals surface area contributed by atoms with Crippen LogP contribution in [0.5, 0.6) is 0 Å². The first-order chi connectivity index (χ1) is 21.9. The normalized spacial score (nSPS) is 12.1. The average Bonchev–Trinajstić information content (AvgIpc) is 4.02. The van der Waals surface area contributed by atoms with Gasteiger partial charge in [0, 0.05) is 64.9 Å². The Kier molecular flexibility index (Phi) is 254. The molecule has 0 aromatic carbocycles. The molecule has 4 aliphatic carbocycles. The van der Waals surface area contributed by atoms with E-state index in [0.29, 0.717) is 0 Å². The summed E-state index contributed by atoms with van der Waals surface area (Å²) in [5, 5.41) is 0. The molecular formula is C34H20Fe2O10Ru3+4. The molecule has 0 aromatic rings. The van der Waals surface area contributed by atoms with Crippen molar-refractivity contribution in [2.24, 2.45) is 0 Å². The second-order valence-electron chi connectivity index (χ2n) is 4.92. The predicted molar refractivity (Wildman–Crippen MR) is 140 cm³/mol. The summed E-state index contributed by atoms with van der Waals surface area (Å²) >= 11 is 0. The smallest absolute Gasteiger partial charge is 0.0312 e. The summed E-state index contributed by atoms with van der Waals surface area (Å²) in [5.41, 5.74) is 0. The second-order valence-corrected chi connectivity index (χ2v) is 4.92. The topological polar surface area (TPSA) is 199 Å². The van der Waals surface area contributed by atoms with E-state index in [1.807, 2.05) is 116 Å². The Morgan fingerprint density at radius 2 is 0.551 bits per heavy atom. The van der Waals surface area contributed by atoms with Crippen LogP contribution in [-0.2, 0) is 139 Å². The van der Waals surface area contributed by atoms with Gasteiger partial charge in [-0.15, -0.1) is 0 Å². The molecule has 0 atom stereocenters. The Labute approximate surface area is 354 Å². The molecule has 22 radical (unpaired) electrons. The molecule has 0 bridgehead atoms. The molecule has 0 heterocycles. The van der Waals surface area contributed by atoms with Crippen molar-refractivity contribution in [2.75, 3.05) is 0 Å². The minimum absolute atomic E-state index is 0. The molecule has 0 amide bonds. The van der Waals surface area contributed by atoms with Crippen molar-refractivity contribution in [1.82, 2.24) is 0 Å². The Balaban J connectivity index is -0.0000000253. The Morgan fingerprint density at radius 3 is 0.776 bits per heavy atom. The average molecular weight is 1000 g/mol. The van der Waals surface area contributed by atoms with Crippen LogP contribution >= 0.6 is 0 Å². The van der Waals surface area contributed by atoms with Crippen LogP contribution in [0.4, 0.5) is 0 Å². The summed E-state index contributed by atoms with van der Waals surface area (Å²) in [6.07, 6.45) is 40.0. The van der Waals surface area contributed by atoms with E-state index in [1.54, 1.807) is 0 Å². The molecule has 252 valence electrons. The van der Waals surface area contributed by atoms with Crippen molar-refractivity contribution in [3.63, 3.8) is 0 Å². The summed E-state index contributed by atoms with van der Waals surface area (Å²) in [7, 11) is 0. The van der Waals surface area contributed by atoms with Crippen LogP contribution in [0.15, 0.2) is 0 Å². The third-order valence-electron chi connectivity index (χ3n) is 3.04. The summed E-state index contributed by atoms with van der Waals surface area (Å²) in [5.74, 6) is 8.31. The zero-order chi connectivity index (χ0) is 36.7. The van der Waals surface area contributed by atoms with Gasteiger partial charge < -0.3 is 0 Å². The van der Waals surface area contributed by atoms with E-state index < -0.39 is 0 Å². The summed E-state index contributed by atoms with van der Waals surface area (Å²) in [6.45, 7) is 45.0. The maximum atomic E-state index is 7.50. The molecule has 4 rings (SSSR count). The SMILES string of the molecule is C(#C[C]1[CH][CH][CH][CH]1)[CH][CH][C]1[CH][CH][CH][CH]1.[C-]#[O+].[C-]#[O+].[C-]#[O+].[C-]#[O+].[C-]#[O+].[C-]#[O+].[C-]#[O+].[C-]#[O+].[C-]#[O+].[C-]#[O+].[CH]1[CH][CH][CH][CH]1.[CH]1[CH][CH][CH][CH]1.[Fe+2].[Fe+2].[Ru].[Ru].[Ru]. The van der Waals surface area contributed by atoms with Gasteiger partial charge in [0.25, 0.3) is 0 Å². The molecule has 0 saturated heterocycles. The van der Waals surface area contributed by atoms with Gasteiger partial charge in [-0.05, 0) is 128 Å². The van der Waals surface area contributed by atoms with Gasteiger partial charge in [0.1, 0.15) is 0 Å². The Bertz CT molecular complexity index is 638. The van der Waals surface area contributed by atoms with Crippen molar-refractivity contribution in [3.8, 4) is 11.8 Å².